The van der Waals surface area contributed by atoms with Gasteiger partial charge >= 0.3 is 0 Å². The van der Waals surface area contributed by atoms with Gasteiger partial charge < -0.3 is 20.5 Å². The monoisotopic (exact) mass is 516 g/mol. The molecule has 0 spiro atoms. The maximum Gasteiger partial charge on any atom is 0.251 e. The fourth-order valence-corrected chi connectivity index (χ4v) is 5.50. The Hall–Kier alpha value is -3.66. The topological polar surface area (TPSA) is 96.4 Å². The Morgan fingerprint density at radius 3 is 2.81 bits per heavy atom. The van der Waals surface area contributed by atoms with E-state index in [0.29, 0.717) is 30.9 Å². The van der Waals surface area contributed by atoms with Gasteiger partial charge in [0.25, 0.3) is 5.91 Å². The number of rotatable bonds is 8. The van der Waals surface area contributed by atoms with Crippen LogP contribution < -0.4 is 15.4 Å². The normalized spacial score (nSPS) is 12.2. The van der Waals surface area contributed by atoms with E-state index in [2.05, 4.69) is 33.2 Å². The van der Waals surface area contributed by atoms with E-state index < -0.39 is 0 Å². The number of amides is 1. The predicted molar refractivity (Wildman–Crippen MR) is 143 cm³/mol. The van der Waals surface area contributed by atoms with Crippen LogP contribution in [0, 0.1) is 0 Å². The Morgan fingerprint density at radius 1 is 1.08 bits per heavy atom. The maximum atomic E-state index is 12.9. The number of carbonyl (C=O) groups excluding carboxylic acids is 1. The molecule has 9 heteroatoms. The average molecular weight is 517 g/mol. The molecule has 2 aromatic heterocycles. The summed E-state index contributed by atoms with van der Waals surface area (Å²) in [7, 11) is 0. The number of ether oxygens (including phenoxy) is 1. The SMILES string of the molecule is C=C1Nc2cc(C(=O)NCc3cnc(-c4ccc(OCCCO)cn4)s3)ccc2Sc2ccccc21. The molecule has 0 unspecified atom stereocenters. The van der Waals surface area contributed by atoms with Gasteiger partial charge in [-0.15, -0.1) is 11.3 Å². The molecule has 1 aliphatic rings. The third-order valence-electron chi connectivity index (χ3n) is 5.46. The zero-order valence-electron chi connectivity index (χ0n) is 19.4. The number of aromatic nitrogens is 2. The number of fused-ring (bicyclic) bond motifs is 2. The molecular formula is C27H24N4O3S2. The molecule has 1 amide bonds. The summed E-state index contributed by atoms with van der Waals surface area (Å²) in [5, 5.41) is 16.0. The molecule has 7 nitrogen and oxygen atoms in total. The van der Waals surface area contributed by atoms with Gasteiger partial charge in [0, 0.05) is 50.7 Å². The second kappa shape index (κ2) is 10.9. The van der Waals surface area contributed by atoms with E-state index in [-0.39, 0.29) is 12.5 Å². The molecule has 4 aromatic rings. The molecule has 0 fully saturated rings. The van der Waals surface area contributed by atoms with E-state index in [4.69, 9.17) is 9.84 Å². The number of anilines is 1. The summed E-state index contributed by atoms with van der Waals surface area (Å²) in [5.41, 5.74) is 4.05. The number of pyridine rings is 1. The van der Waals surface area contributed by atoms with E-state index in [0.717, 1.165) is 42.3 Å². The summed E-state index contributed by atoms with van der Waals surface area (Å²) in [6.45, 7) is 5.07. The molecule has 0 atom stereocenters. The van der Waals surface area contributed by atoms with Crippen LogP contribution in [0.1, 0.15) is 27.2 Å². The van der Waals surface area contributed by atoms with Gasteiger partial charge in [0.2, 0.25) is 0 Å². The number of thiazole rings is 1. The molecule has 3 heterocycles. The predicted octanol–water partition coefficient (Wildman–Crippen LogP) is 5.44. The molecule has 0 saturated heterocycles. The number of hydrogen-bond donors (Lipinski definition) is 3. The number of carbonyl (C=O) groups is 1. The van der Waals surface area contributed by atoms with Gasteiger partial charge in [0.15, 0.2) is 0 Å². The van der Waals surface area contributed by atoms with Crippen LogP contribution >= 0.6 is 23.1 Å². The van der Waals surface area contributed by atoms with Gasteiger partial charge in [-0.1, -0.05) is 36.5 Å². The van der Waals surface area contributed by atoms with Crippen LogP contribution in [0.4, 0.5) is 5.69 Å². The first-order valence-corrected chi connectivity index (χ1v) is 13.0. The van der Waals surface area contributed by atoms with Gasteiger partial charge in [-0.05, 0) is 36.4 Å². The average Bonchev–Trinajstić information content (AvgIpc) is 3.32. The number of nitrogens with one attached hydrogen (secondary N) is 2. The molecule has 0 radical (unpaired) electrons. The second-order valence-corrected chi connectivity index (χ2v) is 10.2. The summed E-state index contributed by atoms with van der Waals surface area (Å²) in [6.07, 6.45) is 3.98. The van der Waals surface area contributed by atoms with Crippen molar-refractivity contribution in [1.82, 2.24) is 15.3 Å². The van der Waals surface area contributed by atoms with E-state index >= 15 is 0 Å². The van der Waals surface area contributed by atoms with Crippen molar-refractivity contribution in [1.29, 1.82) is 0 Å². The first-order valence-electron chi connectivity index (χ1n) is 11.4. The molecule has 2 aromatic carbocycles. The largest absolute Gasteiger partial charge is 0.492 e. The van der Waals surface area contributed by atoms with Crippen molar-refractivity contribution in [2.75, 3.05) is 18.5 Å². The van der Waals surface area contributed by atoms with Crippen LogP contribution in [0.5, 0.6) is 5.75 Å². The lowest BCUT2D eigenvalue weighted by Gasteiger charge is -2.11. The summed E-state index contributed by atoms with van der Waals surface area (Å²) in [5.74, 6) is 0.492. The highest BCUT2D eigenvalue weighted by Gasteiger charge is 2.18. The van der Waals surface area contributed by atoms with Gasteiger partial charge in [-0.25, -0.2) is 9.97 Å². The van der Waals surface area contributed by atoms with Crippen LogP contribution in [-0.2, 0) is 6.54 Å². The Balaban J connectivity index is 1.21. The smallest absolute Gasteiger partial charge is 0.251 e. The third-order valence-corrected chi connectivity index (χ3v) is 7.63. The lowest BCUT2D eigenvalue weighted by atomic mass is 10.1. The number of aliphatic hydroxyl groups is 1. The highest BCUT2D eigenvalue weighted by molar-refractivity contribution is 7.99. The van der Waals surface area contributed by atoms with Crippen molar-refractivity contribution >= 4 is 40.4 Å². The molecule has 182 valence electrons. The zero-order chi connectivity index (χ0) is 24.9. The second-order valence-electron chi connectivity index (χ2n) is 8.03. The number of hydrogen-bond acceptors (Lipinski definition) is 8. The van der Waals surface area contributed by atoms with Crippen LogP contribution in [0.3, 0.4) is 0 Å². The Morgan fingerprint density at radius 2 is 1.97 bits per heavy atom. The lowest BCUT2D eigenvalue weighted by Crippen LogP contribution is -2.22. The molecular weight excluding hydrogens is 492 g/mol. The molecule has 36 heavy (non-hydrogen) atoms. The van der Waals surface area contributed by atoms with Crippen molar-refractivity contribution in [3.63, 3.8) is 0 Å². The van der Waals surface area contributed by atoms with Crippen LogP contribution in [0.15, 0.2) is 83.4 Å². The Kier molecular flexibility index (Phi) is 7.31. The minimum absolute atomic E-state index is 0.0942. The third kappa shape index (κ3) is 5.43. The molecule has 1 aliphatic heterocycles. The summed E-state index contributed by atoms with van der Waals surface area (Å²) >= 11 is 3.14. The van der Waals surface area contributed by atoms with Crippen molar-refractivity contribution in [3.8, 4) is 16.5 Å². The van der Waals surface area contributed by atoms with E-state index in [1.165, 1.54) is 11.3 Å². The van der Waals surface area contributed by atoms with Crippen molar-refractivity contribution in [2.24, 2.45) is 0 Å². The van der Waals surface area contributed by atoms with Crippen molar-refractivity contribution in [2.45, 2.75) is 22.8 Å². The quantitative estimate of drug-likeness (QED) is 0.268. The van der Waals surface area contributed by atoms with Gasteiger partial charge in [-0.3, -0.25) is 4.79 Å². The van der Waals surface area contributed by atoms with E-state index in [9.17, 15) is 4.79 Å². The van der Waals surface area contributed by atoms with Gasteiger partial charge in [0.1, 0.15) is 10.8 Å². The number of nitrogens with zero attached hydrogens (tertiary/aromatic N) is 2. The highest BCUT2D eigenvalue weighted by Crippen LogP contribution is 2.41. The minimum Gasteiger partial charge on any atom is -0.492 e. The van der Waals surface area contributed by atoms with Crippen LogP contribution in [0.2, 0.25) is 0 Å². The van der Waals surface area contributed by atoms with E-state index in [1.54, 1.807) is 24.2 Å². The first kappa shape index (κ1) is 24.1. The molecule has 0 bridgehead atoms. The summed E-state index contributed by atoms with van der Waals surface area (Å²) in [4.78, 5) is 24.8. The number of aliphatic hydroxyl groups excluding tert-OH is 1. The number of benzene rings is 2. The standard InChI is InChI=1S/C27H24N4O3S2/c1-17-21-5-2-3-6-24(21)36-25-10-7-18(13-23(25)31-17)26(33)29-15-20-16-30-27(35-20)22-9-8-19(14-28-22)34-12-4-11-32/h2-3,5-10,13-14,16,31-32H,1,4,11-12,15H2,(H,29,33). The van der Waals surface area contributed by atoms with E-state index in [1.807, 2.05) is 48.5 Å². The van der Waals surface area contributed by atoms with Gasteiger partial charge in [-0.2, -0.15) is 0 Å². The summed E-state index contributed by atoms with van der Waals surface area (Å²) < 4.78 is 5.52. The highest BCUT2D eigenvalue weighted by atomic mass is 32.2. The fraction of sp³-hybridized carbons (Fsp3) is 0.148. The Bertz CT molecular complexity index is 1400. The van der Waals surface area contributed by atoms with Crippen molar-refractivity contribution < 1.29 is 14.6 Å². The molecule has 0 aliphatic carbocycles. The minimum atomic E-state index is -0.158. The molecule has 3 N–H and O–H groups in total. The fourth-order valence-electron chi connectivity index (χ4n) is 3.64. The maximum absolute atomic E-state index is 12.9. The Labute approximate surface area is 217 Å². The van der Waals surface area contributed by atoms with Crippen LogP contribution in [0.25, 0.3) is 16.4 Å². The first-order chi connectivity index (χ1) is 17.6. The zero-order valence-corrected chi connectivity index (χ0v) is 21.0. The lowest BCUT2D eigenvalue weighted by molar-refractivity contribution is 0.0951. The molecule has 0 saturated carbocycles. The van der Waals surface area contributed by atoms with Crippen molar-refractivity contribution in [3.05, 3.63) is 89.6 Å². The summed E-state index contributed by atoms with van der Waals surface area (Å²) in [6, 6.07) is 17.5. The van der Waals surface area contributed by atoms with Crippen LogP contribution in [-0.4, -0.2) is 34.2 Å². The van der Waals surface area contributed by atoms with Gasteiger partial charge in [0.05, 0.1) is 30.7 Å². The molecule has 5 rings (SSSR count).